The van der Waals surface area contributed by atoms with Gasteiger partial charge in [0, 0.05) is 30.4 Å². The lowest BCUT2D eigenvalue weighted by molar-refractivity contribution is 0.0677. The van der Waals surface area contributed by atoms with E-state index in [9.17, 15) is 9.59 Å². The number of piperidine rings is 1. The van der Waals surface area contributed by atoms with Crippen molar-refractivity contribution in [3.8, 4) is 0 Å². The Bertz CT molecular complexity index is 790. The van der Waals surface area contributed by atoms with Gasteiger partial charge in [-0.25, -0.2) is 9.97 Å². The van der Waals surface area contributed by atoms with Crippen LogP contribution in [0.4, 0.5) is 11.5 Å². The third kappa shape index (κ3) is 4.21. The normalized spacial score (nSPS) is 17.2. The zero-order chi connectivity index (χ0) is 17.8. The van der Waals surface area contributed by atoms with E-state index in [-0.39, 0.29) is 11.7 Å². The van der Waals surface area contributed by atoms with E-state index in [4.69, 9.17) is 0 Å². The number of amides is 1. The van der Waals surface area contributed by atoms with Gasteiger partial charge in [0.2, 0.25) is 0 Å². The van der Waals surface area contributed by atoms with Crippen molar-refractivity contribution in [2.24, 2.45) is 5.92 Å². The molecule has 1 aromatic heterocycles. The number of nitrogens with one attached hydrogen (secondary N) is 1. The summed E-state index contributed by atoms with van der Waals surface area (Å²) in [6, 6.07) is 8.84. The Labute approximate surface area is 147 Å². The summed E-state index contributed by atoms with van der Waals surface area (Å²) in [5, 5.41) is 3.13. The first kappa shape index (κ1) is 17.1. The fraction of sp³-hybridized carbons (Fsp3) is 0.368. The van der Waals surface area contributed by atoms with Gasteiger partial charge in [-0.3, -0.25) is 9.59 Å². The average Bonchev–Trinajstić information content (AvgIpc) is 2.61. The van der Waals surface area contributed by atoms with Crippen LogP contribution in [0, 0.1) is 5.92 Å². The molecular formula is C19H22N4O2. The van der Waals surface area contributed by atoms with Crippen LogP contribution < -0.4 is 5.32 Å². The number of benzene rings is 1. The summed E-state index contributed by atoms with van der Waals surface area (Å²) < 4.78 is 0. The minimum atomic E-state index is -0.0607. The van der Waals surface area contributed by atoms with Crippen LogP contribution in [-0.2, 0) is 0 Å². The van der Waals surface area contributed by atoms with Crippen molar-refractivity contribution in [2.45, 2.75) is 26.7 Å². The highest BCUT2D eigenvalue weighted by molar-refractivity contribution is 5.95. The van der Waals surface area contributed by atoms with Crippen LogP contribution in [0.5, 0.6) is 0 Å². The van der Waals surface area contributed by atoms with Crippen LogP contribution >= 0.6 is 0 Å². The van der Waals surface area contributed by atoms with Crippen LogP contribution in [0.3, 0.4) is 0 Å². The number of hydrogen-bond donors (Lipinski definition) is 1. The minimum absolute atomic E-state index is 0.00132. The fourth-order valence-electron chi connectivity index (χ4n) is 3.04. The van der Waals surface area contributed by atoms with Gasteiger partial charge in [0.15, 0.2) is 5.78 Å². The zero-order valence-electron chi connectivity index (χ0n) is 14.5. The molecule has 1 atom stereocenters. The molecule has 1 aromatic carbocycles. The average molecular weight is 338 g/mol. The molecule has 3 rings (SSSR count). The van der Waals surface area contributed by atoms with Crippen molar-refractivity contribution >= 4 is 23.2 Å². The van der Waals surface area contributed by atoms with E-state index in [1.54, 1.807) is 24.3 Å². The van der Waals surface area contributed by atoms with Crippen LogP contribution in [0.15, 0.2) is 36.7 Å². The summed E-state index contributed by atoms with van der Waals surface area (Å²) >= 11 is 0. The molecular weight excluding hydrogens is 316 g/mol. The second-order valence-corrected chi connectivity index (χ2v) is 6.55. The first-order valence-electron chi connectivity index (χ1n) is 8.52. The fourth-order valence-corrected chi connectivity index (χ4v) is 3.04. The molecule has 6 nitrogen and oxygen atoms in total. The second-order valence-electron chi connectivity index (χ2n) is 6.55. The van der Waals surface area contributed by atoms with Gasteiger partial charge in [0.05, 0.1) is 0 Å². The molecule has 2 aromatic rings. The van der Waals surface area contributed by atoms with Crippen molar-refractivity contribution in [3.05, 3.63) is 47.9 Å². The van der Waals surface area contributed by atoms with Gasteiger partial charge in [-0.1, -0.05) is 19.1 Å². The molecule has 0 spiro atoms. The van der Waals surface area contributed by atoms with E-state index >= 15 is 0 Å². The summed E-state index contributed by atoms with van der Waals surface area (Å²) in [4.78, 5) is 34.3. The lowest BCUT2D eigenvalue weighted by Crippen LogP contribution is -2.39. The van der Waals surface area contributed by atoms with Crippen LogP contribution in [0.2, 0.25) is 0 Å². The van der Waals surface area contributed by atoms with Gasteiger partial charge < -0.3 is 10.2 Å². The molecule has 1 saturated heterocycles. The van der Waals surface area contributed by atoms with E-state index in [1.165, 1.54) is 13.3 Å². The van der Waals surface area contributed by atoms with Crippen molar-refractivity contribution in [1.29, 1.82) is 0 Å². The molecule has 2 heterocycles. The van der Waals surface area contributed by atoms with Crippen molar-refractivity contribution in [1.82, 2.24) is 14.9 Å². The Balaban J connectivity index is 1.76. The number of aromatic nitrogens is 2. The molecule has 1 amide bonds. The number of nitrogens with zero attached hydrogens (tertiary/aromatic N) is 3. The number of hydrogen-bond acceptors (Lipinski definition) is 5. The molecule has 1 unspecified atom stereocenters. The van der Waals surface area contributed by atoms with E-state index < -0.39 is 0 Å². The Kier molecular flexibility index (Phi) is 5.07. The number of carbonyl (C=O) groups is 2. The Morgan fingerprint density at radius 2 is 2.08 bits per heavy atom. The van der Waals surface area contributed by atoms with Crippen molar-refractivity contribution in [3.63, 3.8) is 0 Å². The molecule has 6 heteroatoms. The highest BCUT2D eigenvalue weighted by atomic mass is 16.2. The maximum absolute atomic E-state index is 12.7. The molecule has 0 saturated carbocycles. The van der Waals surface area contributed by atoms with E-state index in [2.05, 4.69) is 22.2 Å². The lowest BCUT2D eigenvalue weighted by Gasteiger charge is -2.30. The van der Waals surface area contributed by atoms with Gasteiger partial charge in [-0.2, -0.15) is 0 Å². The molecule has 0 radical (unpaired) electrons. The third-order valence-corrected chi connectivity index (χ3v) is 4.37. The number of anilines is 2. The van der Waals surface area contributed by atoms with Gasteiger partial charge in [0.1, 0.15) is 17.8 Å². The van der Waals surface area contributed by atoms with Gasteiger partial charge in [-0.05, 0) is 37.8 Å². The number of rotatable bonds is 4. The first-order chi connectivity index (χ1) is 12.0. The van der Waals surface area contributed by atoms with E-state index in [1.807, 2.05) is 11.0 Å². The van der Waals surface area contributed by atoms with Crippen LogP contribution in [-0.4, -0.2) is 39.6 Å². The SMILES string of the molecule is CC(=O)c1cccc(Nc2cc(C(=O)N3CCCC(C)C3)ncn2)c1. The molecule has 25 heavy (non-hydrogen) atoms. The molecule has 1 fully saturated rings. The third-order valence-electron chi connectivity index (χ3n) is 4.37. The first-order valence-corrected chi connectivity index (χ1v) is 8.52. The Hall–Kier alpha value is -2.76. The van der Waals surface area contributed by atoms with E-state index in [0.717, 1.165) is 31.6 Å². The molecule has 1 aliphatic heterocycles. The summed E-state index contributed by atoms with van der Waals surface area (Å²) in [5.41, 5.74) is 1.75. The number of ketones is 1. The van der Waals surface area contributed by atoms with Crippen molar-refractivity contribution < 1.29 is 9.59 Å². The smallest absolute Gasteiger partial charge is 0.272 e. The Morgan fingerprint density at radius 1 is 1.24 bits per heavy atom. The number of carbonyl (C=O) groups excluding carboxylic acids is 2. The van der Waals surface area contributed by atoms with Gasteiger partial charge in [-0.15, -0.1) is 0 Å². The molecule has 1 aliphatic rings. The quantitative estimate of drug-likeness (QED) is 0.866. The zero-order valence-corrected chi connectivity index (χ0v) is 14.5. The summed E-state index contributed by atoms with van der Waals surface area (Å²) in [6.07, 6.45) is 3.57. The molecule has 130 valence electrons. The summed E-state index contributed by atoms with van der Waals surface area (Å²) in [7, 11) is 0. The second kappa shape index (κ2) is 7.42. The van der Waals surface area contributed by atoms with Gasteiger partial charge in [0.25, 0.3) is 5.91 Å². The topological polar surface area (TPSA) is 75.2 Å². The van der Waals surface area contributed by atoms with Crippen molar-refractivity contribution in [2.75, 3.05) is 18.4 Å². The number of likely N-dealkylation sites (tertiary alicyclic amines) is 1. The van der Waals surface area contributed by atoms with Gasteiger partial charge >= 0.3 is 0 Å². The summed E-state index contributed by atoms with van der Waals surface area (Å²) in [5.74, 6) is 0.992. The van der Waals surface area contributed by atoms with Crippen LogP contribution in [0.1, 0.15) is 47.5 Å². The maximum Gasteiger partial charge on any atom is 0.272 e. The van der Waals surface area contributed by atoms with Crippen LogP contribution in [0.25, 0.3) is 0 Å². The monoisotopic (exact) mass is 338 g/mol. The number of Topliss-reactive ketones (excluding diaryl/α,β-unsaturated/α-hetero) is 1. The Morgan fingerprint density at radius 3 is 2.84 bits per heavy atom. The predicted molar refractivity (Wildman–Crippen MR) is 96.1 cm³/mol. The lowest BCUT2D eigenvalue weighted by atomic mass is 10.00. The highest BCUT2D eigenvalue weighted by Gasteiger charge is 2.23. The predicted octanol–water partition coefficient (Wildman–Crippen LogP) is 3.29. The largest absolute Gasteiger partial charge is 0.340 e. The molecule has 0 bridgehead atoms. The molecule has 0 aliphatic carbocycles. The summed E-state index contributed by atoms with van der Waals surface area (Å²) in [6.45, 7) is 5.23. The van der Waals surface area contributed by atoms with E-state index in [0.29, 0.717) is 23.0 Å². The maximum atomic E-state index is 12.7. The highest BCUT2D eigenvalue weighted by Crippen LogP contribution is 2.20. The standard InChI is InChI=1S/C19H22N4O2/c1-13-5-4-8-23(11-13)19(25)17-10-18(21-12-20-17)22-16-7-3-6-15(9-16)14(2)24/h3,6-7,9-10,12-13H,4-5,8,11H2,1-2H3,(H,20,21,22). The minimum Gasteiger partial charge on any atom is -0.340 e. The molecule has 1 N–H and O–H groups in total.